The second kappa shape index (κ2) is 7.58. The van der Waals surface area contributed by atoms with Crippen LogP contribution in [0.3, 0.4) is 0 Å². The van der Waals surface area contributed by atoms with Gasteiger partial charge in [0.2, 0.25) is 5.91 Å². The molecule has 2 aromatic heterocycles. The molecule has 2 rings (SSSR count). The number of furan rings is 1. The number of hydrogen-bond acceptors (Lipinski definition) is 5. The summed E-state index contributed by atoms with van der Waals surface area (Å²) in [4.78, 5) is 31.8. The molecule has 0 unspecified atom stereocenters. The Labute approximate surface area is 140 Å². The zero-order valence-corrected chi connectivity index (χ0v) is 13.9. The fraction of sp³-hybridized carbons (Fsp3) is 0.375. The molecule has 0 aliphatic rings. The predicted octanol–water partition coefficient (Wildman–Crippen LogP) is 1.80. The number of rotatable bonds is 5. The van der Waals surface area contributed by atoms with Gasteiger partial charge >= 0.3 is 6.03 Å². The van der Waals surface area contributed by atoms with Gasteiger partial charge in [-0.05, 0) is 12.1 Å². The number of carbonyl (C=O) groups is 2. The minimum Gasteiger partial charge on any atom is -0.467 e. The third kappa shape index (κ3) is 5.38. The molecule has 0 aliphatic carbocycles. The predicted molar refractivity (Wildman–Crippen MR) is 88.3 cm³/mol. The van der Waals surface area contributed by atoms with Crippen LogP contribution >= 0.6 is 0 Å². The van der Waals surface area contributed by atoms with Crippen LogP contribution in [0, 0.1) is 0 Å². The smallest absolute Gasteiger partial charge is 0.319 e. The fourth-order valence-corrected chi connectivity index (χ4v) is 1.78. The van der Waals surface area contributed by atoms with Gasteiger partial charge in [-0.3, -0.25) is 4.79 Å². The molecule has 8 heteroatoms. The molecular formula is C16H21N5O3. The minimum absolute atomic E-state index is 0.145. The molecule has 0 bridgehead atoms. The summed E-state index contributed by atoms with van der Waals surface area (Å²) in [6.07, 6.45) is 4.59. The van der Waals surface area contributed by atoms with Gasteiger partial charge in [-0.1, -0.05) is 20.8 Å². The van der Waals surface area contributed by atoms with Crippen molar-refractivity contribution in [1.82, 2.24) is 20.6 Å². The number of nitrogens with zero attached hydrogens (tertiary/aromatic N) is 2. The number of hydrogen-bond donors (Lipinski definition) is 3. The lowest BCUT2D eigenvalue weighted by molar-refractivity contribution is -0.120. The van der Waals surface area contributed by atoms with Crippen molar-refractivity contribution >= 4 is 17.6 Å². The number of urea groups is 1. The summed E-state index contributed by atoms with van der Waals surface area (Å²) in [5, 5.41) is 7.66. The highest BCUT2D eigenvalue weighted by Gasteiger charge is 2.16. The second-order valence-corrected chi connectivity index (χ2v) is 6.21. The van der Waals surface area contributed by atoms with Gasteiger partial charge in [0.1, 0.15) is 11.6 Å². The number of nitrogens with one attached hydrogen (secondary N) is 3. The highest BCUT2D eigenvalue weighted by Crippen LogP contribution is 2.17. The van der Waals surface area contributed by atoms with Gasteiger partial charge in [0, 0.05) is 5.41 Å². The van der Waals surface area contributed by atoms with E-state index < -0.39 is 6.03 Å². The summed E-state index contributed by atoms with van der Waals surface area (Å²) in [5.41, 5.74) is 0.295. The van der Waals surface area contributed by atoms with E-state index in [4.69, 9.17) is 4.42 Å². The van der Waals surface area contributed by atoms with Crippen LogP contribution in [0.15, 0.2) is 35.2 Å². The highest BCUT2D eigenvalue weighted by atomic mass is 16.3. The Balaban J connectivity index is 1.73. The average Bonchev–Trinajstić information content (AvgIpc) is 3.04. The van der Waals surface area contributed by atoms with Gasteiger partial charge < -0.3 is 20.4 Å². The van der Waals surface area contributed by atoms with Crippen LogP contribution in [0.5, 0.6) is 0 Å². The van der Waals surface area contributed by atoms with E-state index in [1.54, 1.807) is 12.1 Å². The lowest BCUT2D eigenvalue weighted by Gasteiger charge is -2.16. The van der Waals surface area contributed by atoms with Crippen molar-refractivity contribution in [3.63, 3.8) is 0 Å². The first-order chi connectivity index (χ1) is 11.3. The summed E-state index contributed by atoms with van der Waals surface area (Å²) in [6, 6.07) is 2.98. The molecule has 0 aliphatic heterocycles. The summed E-state index contributed by atoms with van der Waals surface area (Å²) in [7, 11) is 0. The van der Waals surface area contributed by atoms with Crippen LogP contribution in [0.4, 0.5) is 10.5 Å². The SMILES string of the molecule is CC(C)(C)c1ncc(NC(=O)NCC(=O)NCc2ccco2)cn1. The largest absolute Gasteiger partial charge is 0.467 e. The Morgan fingerprint density at radius 2 is 1.88 bits per heavy atom. The molecular weight excluding hydrogens is 310 g/mol. The molecule has 2 heterocycles. The Morgan fingerprint density at radius 3 is 2.46 bits per heavy atom. The first-order valence-electron chi connectivity index (χ1n) is 7.51. The molecule has 0 spiro atoms. The van der Waals surface area contributed by atoms with Crippen molar-refractivity contribution in [2.75, 3.05) is 11.9 Å². The monoisotopic (exact) mass is 331 g/mol. The fourth-order valence-electron chi connectivity index (χ4n) is 1.78. The number of anilines is 1. The van der Waals surface area contributed by atoms with Crippen LogP contribution in [-0.2, 0) is 16.8 Å². The zero-order chi connectivity index (χ0) is 17.6. The molecule has 0 saturated carbocycles. The molecule has 0 saturated heterocycles. The Kier molecular flexibility index (Phi) is 5.51. The minimum atomic E-state index is -0.504. The van der Waals surface area contributed by atoms with Crippen LogP contribution < -0.4 is 16.0 Å². The van der Waals surface area contributed by atoms with E-state index in [1.807, 2.05) is 20.8 Å². The zero-order valence-electron chi connectivity index (χ0n) is 13.9. The summed E-state index contributed by atoms with van der Waals surface area (Å²) in [6.45, 7) is 6.14. The van der Waals surface area contributed by atoms with Crippen LogP contribution in [0.1, 0.15) is 32.4 Å². The van der Waals surface area contributed by atoms with E-state index in [1.165, 1.54) is 18.7 Å². The number of amides is 3. The Hall–Kier alpha value is -2.90. The summed E-state index contributed by atoms with van der Waals surface area (Å²) in [5.74, 6) is 1.01. The molecule has 8 nitrogen and oxygen atoms in total. The maximum atomic E-state index is 11.8. The van der Waals surface area contributed by atoms with Gasteiger partial charge in [-0.2, -0.15) is 0 Å². The van der Waals surface area contributed by atoms with Gasteiger partial charge in [0.15, 0.2) is 0 Å². The average molecular weight is 331 g/mol. The van der Waals surface area contributed by atoms with E-state index in [2.05, 4.69) is 25.9 Å². The van der Waals surface area contributed by atoms with Crippen molar-refractivity contribution < 1.29 is 14.0 Å². The van der Waals surface area contributed by atoms with Crippen molar-refractivity contribution in [1.29, 1.82) is 0 Å². The summed E-state index contributed by atoms with van der Waals surface area (Å²) >= 11 is 0. The molecule has 3 N–H and O–H groups in total. The third-order valence-electron chi connectivity index (χ3n) is 3.03. The Bertz CT molecular complexity index is 675. The van der Waals surface area contributed by atoms with Crippen molar-refractivity contribution in [3.05, 3.63) is 42.4 Å². The van der Waals surface area contributed by atoms with Gasteiger partial charge in [-0.25, -0.2) is 14.8 Å². The van der Waals surface area contributed by atoms with Crippen LogP contribution in [0.25, 0.3) is 0 Å². The maximum absolute atomic E-state index is 11.8. The van der Waals surface area contributed by atoms with Gasteiger partial charge in [0.25, 0.3) is 0 Å². The lowest BCUT2D eigenvalue weighted by Crippen LogP contribution is -2.38. The van der Waals surface area contributed by atoms with Gasteiger partial charge in [0.05, 0.1) is 37.4 Å². The molecule has 3 amide bonds. The normalized spacial score (nSPS) is 11.0. The van der Waals surface area contributed by atoms with Crippen LogP contribution in [-0.4, -0.2) is 28.5 Å². The number of aromatic nitrogens is 2. The van der Waals surface area contributed by atoms with E-state index >= 15 is 0 Å². The summed E-state index contributed by atoms with van der Waals surface area (Å²) < 4.78 is 5.09. The molecule has 0 radical (unpaired) electrons. The van der Waals surface area contributed by atoms with E-state index in [0.29, 0.717) is 17.3 Å². The van der Waals surface area contributed by atoms with E-state index in [-0.39, 0.29) is 24.4 Å². The van der Waals surface area contributed by atoms with Crippen LogP contribution in [0.2, 0.25) is 0 Å². The first kappa shape index (κ1) is 17.5. The molecule has 0 atom stereocenters. The van der Waals surface area contributed by atoms with Crippen molar-refractivity contribution in [2.24, 2.45) is 0 Å². The second-order valence-electron chi connectivity index (χ2n) is 6.21. The van der Waals surface area contributed by atoms with Crippen molar-refractivity contribution in [2.45, 2.75) is 32.7 Å². The van der Waals surface area contributed by atoms with E-state index in [9.17, 15) is 9.59 Å². The molecule has 24 heavy (non-hydrogen) atoms. The van der Waals surface area contributed by atoms with Gasteiger partial charge in [-0.15, -0.1) is 0 Å². The number of carbonyl (C=O) groups excluding carboxylic acids is 2. The quantitative estimate of drug-likeness (QED) is 0.774. The molecule has 128 valence electrons. The lowest BCUT2D eigenvalue weighted by atomic mass is 9.96. The van der Waals surface area contributed by atoms with E-state index in [0.717, 1.165) is 0 Å². The standard InChI is InChI=1S/C16H21N5O3/c1-16(2,3)14-18-7-11(8-19-14)21-15(23)20-10-13(22)17-9-12-5-4-6-24-12/h4-8H,9-10H2,1-3H3,(H,17,22)(H2,20,21,23). The molecule has 0 aromatic carbocycles. The molecule has 0 fully saturated rings. The maximum Gasteiger partial charge on any atom is 0.319 e. The topological polar surface area (TPSA) is 109 Å². The third-order valence-corrected chi connectivity index (χ3v) is 3.03. The Morgan fingerprint density at radius 1 is 1.17 bits per heavy atom. The highest BCUT2D eigenvalue weighted by molar-refractivity contribution is 5.91. The van der Waals surface area contributed by atoms with Crippen molar-refractivity contribution in [3.8, 4) is 0 Å². The molecule has 2 aromatic rings. The first-order valence-corrected chi connectivity index (χ1v) is 7.51.